The Morgan fingerprint density at radius 3 is 2.20 bits per heavy atom. The van der Waals surface area contributed by atoms with Gasteiger partial charge in [-0.05, 0) is 49.9 Å². The van der Waals surface area contributed by atoms with Gasteiger partial charge in [0.25, 0.3) is 0 Å². The van der Waals surface area contributed by atoms with Crippen LogP contribution in [-0.4, -0.2) is 38.5 Å². The van der Waals surface area contributed by atoms with Crippen LogP contribution < -0.4 is 5.32 Å². The molecule has 3 nitrogen and oxygen atoms in total. The molecule has 0 bridgehead atoms. The van der Waals surface area contributed by atoms with Crippen molar-refractivity contribution in [2.24, 2.45) is 11.3 Å². The third-order valence-corrected chi connectivity index (χ3v) is 5.11. The van der Waals surface area contributed by atoms with E-state index in [1.807, 2.05) is 0 Å². The zero-order valence-corrected chi connectivity index (χ0v) is 13.8. The fraction of sp³-hybridized carbons (Fsp3) is 1.00. The van der Waals surface area contributed by atoms with Gasteiger partial charge in [0.15, 0.2) is 0 Å². The number of ether oxygens (including phenoxy) is 2. The largest absolute Gasteiger partial charge is 0.382 e. The molecule has 2 fully saturated rings. The van der Waals surface area contributed by atoms with Gasteiger partial charge in [-0.3, -0.25) is 0 Å². The van der Waals surface area contributed by atoms with Crippen LogP contribution in [0, 0.1) is 11.3 Å². The Morgan fingerprint density at radius 2 is 1.70 bits per heavy atom. The lowest BCUT2D eigenvalue weighted by molar-refractivity contribution is -0.0960. The van der Waals surface area contributed by atoms with Crippen molar-refractivity contribution in [3.8, 4) is 0 Å². The third kappa shape index (κ3) is 4.71. The molecule has 1 N–H and O–H groups in total. The second-order valence-corrected chi connectivity index (χ2v) is 7.82. The lowest BCUT2D eigenvalue weighted by atomic mass is 9.68. The molecule has 3 heteroatoms. The van der Waals surface area contributed by atoms with E-state index in [9.17, 15) is 0 Å². The highest BCUT2D eigenvalue weighted by molar-refractivity contribution is 4.94. The predicted octanol–water partition coefficient (Wildman–Crippen LogP) is 3.38. The highest BCUT2D eigenvalue weighted by Gasteiger charge is 2.40. The maximum absolute atomic E-state index is 6.26. The van der Waals surface area contributed by atoms with Crippen molar-refractivity contribution in [3.05, 3.63) is 0 Å². The zero-order valence-electron chi connectivity index (χ0n) is 13.8. The molecule has 118 valence electrons. The summed E-state index contributed by atoms with van der Waals surface area (Å²) in [5.74, 6) is 0.836. The molecule has 2 rings (SSSR count). The summed E-state index contributed by atoms with van der Waals surface area (Å²) in [6.07, 6.45) is 7.67. The van der Waals surface area contributed by atoms with E-state index in [0.717, 1.165) is 25.1 Å². The van der Waals surface area contributed by atoms with E-state index >= 15 is 0 Å². The van der Waals surface area contributed by atoms with E-state index in [1.165, 1.54) is 38.5 Å². The van der Waals surface area contributed by atoms with Gasteiger partial charge in [0.1, 0.15) is 0 Å². The molecule has 0 unspecified atom stereocenters. The van der Waals surface area contributed by atoms with Crippen molar-refractivity contribution in [1.82, 2.24) is 5.32 Å². The van der Waals surface area contributed by atoms with Crippen molar-refractivity contribution in [1.29, 1.82) is 0 Å². The Morgan fingerprint density at radius 1 is 1.05 bits per heavy atom. The van der Waals surface area contributed by atoms with Crippen LogP contribution in [0.25, 0.3) is 0 Å². The standard InChI is InChI=1S/C17H33NO2/c1-16(2,3)14-7-9-17(10-8-14,20-12-11-19-4)13-18-15-5-6-15/h14-15,18H,5-13H2,1-4H3. The number of nitrogens with one attached hydrogen (secondary N) is 1. The Bertz CT molecular complexity index is 286. The predicted molar refractivity (Wildman–Crippen MR) is 83.0 cm³/mol. The summed E-state index contributed by atoms with van der Waals surface area (Å²) in [5.41, 5.74) is 0.492. The van der Waals surface area contributed by atoms with Gasteiger partial charge in [0.05, 0.1) is 18.8 Å². The average Bonchev–Trinajstić information content (AvgIpc) is 3.20. The number of rotatable bonds is 7. The Balaban J connectivity index is 1.86. The van der Waals surface area contributed by atoms with Gasteiger partial charge in [-0.2, -0.15) is 0 Å². The monoisotopic (exact) mass is 283 g/mol. The minimum atomic E-state index is 0.0584. The molecule has 0 heterocycles. The first-order chi connectivity index (χ1) is 9.45. The van der Waals surface area contributed by atoms with Crippen LogP contribution in [0.1, 0.15) is 59.3 Å². The van der Waals surface area contributed by atoms with Gasteiger partial charge in [-0.1, -0.05) is 20.8 Å². The minimum absolute atomic E-state index is 0.0584. The summed E-state index contributed by atoms with van der Waals surface area (Å²) in [5, 5.41) is 3.68. The summed E-state index contributed by atoms with van der Waals surface area (Å²) in [7, 11) is 1.75. The van der Waals surface area contributed by atoms with E-state index in [-0.39, 0.29) is 5.60 Å². The molecule has 0 spiro atoms. The number of hydrogen-bond acceptors (Lipinski definition) is 3. The molecule has 2 aliphatic carbocycles. The van der Waals surface area contributed by atoms with Crippen molar-refractivity contribution in [2.75, 3.05) is 26.9 Å². The Kier molecular flexibility index (Phi) is 5.49. The summed E-state index contributed by atoms with van der Waals surface area (Å²) >= 11 is 0. The van der Waals surface area contributed by atoms with Gasteiger partial charge in [0.2, 0.25) is 0 Å². The lowest BCUT2D eigenvalue weighted by Crippen LogP contribution is -2.48. The highest BCUT2D eigenvalue weighted by Crippen LogP contribution is 2.42. The van der Waals surface area contributed by atoms with E-state index in [1.54, 1.807) is 7.11 Å². The summed E-state index contributed by atoms with van der Waals surface area (Å²) in [6, 6.07) is 0.762. The van der Waals surface area contributed by atoms with Crippen molar-refractivity contribution >= 4 is 0 Å². The lowest BCUT2D eigenvalue weighted by Gasteiger charge is -2.44. The third-order valence-electron chi connectivity index (χ3n) is 5.11. The van der Waals surface area contributed by atoms with Crippen LogP contribution in [0.15, 0.2) is 0 Å². The van der Waals surface area contributed by atoms with Crippen LogP contribution in [0.5, 0.6) is 0 Å². The quantitative estimate of drug-likeness (QED) is 0.727. The van der Waals surface area contributed by atoms with E-state index in [4.69, 9.17) is 9.47 Å². The SMILES string of the molecule is COCCOC1(CNC2CC2)CCC(C(C)(C)C)CC1. The topological polar surface area (TPSA) is 30.5 Å². The average molecular weight is 283 g/mol. The van der Waals surface area contributed by atoms with E-state index < -0.39 is 0 Å². The van der Waals surface area contributed by atoms with Gasteiger partial charge < -0.3 is 14.8 Å². The first-order valence-electron chi connectivity index (χ1n) is 8.31. The molecule has 0 radical (unpaired) electrons. The van der Waals surface area contributed by atoms with Gasteiger partial charge >= 0.3 is 0 Å². The van der Waals surface area contributed by atoms with Crippen LogP contribution in [-0.2, 0) is 9.47 Å². The van der Waals surface area contributed by atoms with Gasteiger partial charge in [-0.15, -0.1) is 0 Å². The van der Waals surface area contributed by atoms with E-state index in [2.05, 4.69) is 26.1 Å². The van der Waals surface area contributed by atoms with Crippen LogP contribution in [0.2, 0.25) is 0 Å². The maximum atomic E-state index is 6.26. The number of methoxy groups -OCH3 is 1. The zero-order chi connectivity index (χ0) is 14.6. The molecule has 20 heavy (non-hydrogen) atoms. The second kappa shape index (κ2) is 6.76. The smallest absolute Gasteiger partial charge is 0.0807 e. The minimum Gasteiger partial charge on any atom is -0.382 e. The molecule has 0 aromatic rings. The van der Waals surface area contributed by atoms with Gasteiger partial charge in [-0.25, -0.2) is 0 Å². The van der Waals surface area contributed by atoms with Crippen LogP contribution >= 0.6 is 0 Å². The summed E-state index contributed by atoms with van der Waals surface area (Å²) < 4.78 is 11.4. The molecular formula is C17H33NO2. The van der Waals surface area contributed by atoms with Crippen molar-refractivity contribution < 1.29 is 9.47 Å². The van der Waals surface area contributed by atoms with E-state index in [0.29, 0.717) is 12.0 Å². The molecule has 0 amide bonds. The molecule has 2 saturated carbocycles. The molecule has 0 aliphatic heterocycles. The second-order valence-electron chi connectivity index (χ2n) is 7.82. The molecule has 2 aliphatic rings. The molecule has 0 atom stereocenters. The fourth-order valence-electron chi connectivity index (χ4n) is 3.34. The first kappa shape index (κ1) is 16.3. The Labute approximate surface area is 124 Å². The van der Waals surface area contributed by atoms with Crippen molar-refractivity contribution in [3.63, 3.8) is 0 Å². The molecular weight excluding hydrogens is 250 g/mol. The molecule has 0 aromatic heterocycles. The summed E-state index contributed by atoms with van der Waals surface area (Å²) in [4.78, 5) is 0. The highest BCUT2D eigenvalue weighted by atomic mass is 16.5. The fourth-order valence-corrected chi connectivity index (χ4v) is 3.34. The molecule has 0 aromatic carbocycles. The Hall–Kier alpha value is -0.120. The van der Waals surface area contributed by atoms with Gasteiger partial charge in [0, 0.05) is 19.7 Å². The maximum Gasteiger partial charge on any atom is 0.0807 e. The normalized spacial score (nSPS) is 31.5. The van der Waals surface area contributed by atoms with Crippen LogP contribution in [0.3, 0.4) is 0 Å². The molecule has 0 saturated heterocycles. The first-order valence-corrected chi connectivity index (χ1v) is 8.31. The summed E-state index contributed by atoms with van der Waals surface area (Å²) in [6.45, 7) is 9.58. The number of hydrogen-bond donors (Lipinski definition) is 1. The van der Waals surface area contributed by atoms with Crippen LogP contribution in [0.4, 0.5) is 0 Å². The van der Waals surface area contributed by atoms with Crippen molar-refractivity contribution in [2.45, 2.75) is 70.9 Å².